The molecular weight excluding hydrogens is 292 g/mol. The predicted octanol–water partition coefficient (Wildman–Crippen LogP) is 4.06. The van der Waals surface area contributed by atoms with Crippen LogP contribution in [0.15, 0.2) is 18.3 Å². The Morgan fingerprint density at radius 3 is 2.00 bits per heavy atom. The van der Waals surface area contributed by atoms with E-state index < -0.39 is 11.2 Å². The first-order valence-electron chi connectivity index (χ1n) is 8.13. The second kappa shape index (κ2) is 9.67. The normalized spacial score (nSPS) is 16.0. The molecule has 0 aromatic rings. The summed E-state index contributed by atoms with van der Waals surface area (Å²) in [6.45, 7) is 15.6. The van der Waals surface area contributed by atoms with Gasteiger partial charge >= 0.3 is 5.95 Å². The minimum Gasteiger partial charge on any atom is -0.475 e. The van der Waals surface area contributed by atoms with Crippen molar-refractivity contribution in [2.75, 3.05) is 13.2 Å². The van der Waals surface area contributed by atoms with Crippen molar-refractivity contribution in [1.29, 1.82) is 0 Å². The van der Waals surface area contributed by atoms with Crippen molar-refractivity contribution in [1.82, 2.24) is 0 Å². The van der Waals surface area contributed by atoms with E-state index in [1.54, 1.807) is 0 Å². The van der Waals surface area contributed by atoms with Gasteiger partial charge in [0.2, 0.25) is 0 Å². The van der Waals surface area contributed by atoms with Gasteiger partial charge < -0.3 is 19.7 Å². The Morgan fingerprint density at radius 2 is 1.57 bits per heavy atom. The van der Waals surface area contributed by atoms with E-state index in [0.29, 0.717) is 18.3 Å². The highest BCUT2D eigenvalue weighted by molar-refractivity contribution is 5.21. The van der Waals surface area contributed by atoms with Crippen LogP contribution in [0.25, 0.3) is 0 Å². The Bertz CT molecular complexity index is 471. The molecule has 0 saturated carbocycles. The molecule has 0 fully saturated rings. The summed E-state index contributed by atoms with van der Waals surface area (Å²) in [6, 6.07) is 0. The standard InChI is InChI=1S/C19H32O4.H2/c1-8-17(21)23-19(7,14-16(4)5)10-9-18(6,13-15(2)3)22-12-11-20;/h15-16,20-21H,1,11-14H2,2-7H3;1H. The Hall–Kier alpha value is -1.40. The number of aliphatic hydroxyl groups excluding tert-OH is 2. The van der Waals surface area contributed by atoms with E-state index in [0.717, 1.165) is 6.42 Å². The van der Waals surface area contributed by atoms with E-state index in [2.05, 4.69) is 51.8 Å². The lowest BCUT2D eigenvalue weighted by Crippen LogP contribution is -2.33. The van der Waals surface area contributed by atoms with Gasteiger partial charge in [-0.2, -0.15) is 0 Å². The van der Waals surface area contributed by atoms with Gasteiger partial charge in [-0.3, -0.25) is 0 Å². The fourth-order valence-electron chi connectivity index (χ4n) is 2.61. The van der Waals surface area contributed by atoms with Crippen LogP contribution in [0.5, 0.6) is 0 Å². The van der Waals surface area contributed by atoms with Crippen molar-refractivity contribution in [3.63, 3.8) is 0 Å². The maximum Gasteiger partial charge on any atom is 0.326 e. The van der Waals surface area contributed by atoms with E-state index in [1.807, 2.05) is 13.8 Å². The summed E-state index contributed by atoms with van der Waals surface area (Å²) >= 11 is 0. The van der Waals surface area contributed by atoms with Crippen molar-refractivity contribution in [2.24, 2.45) is 11.8 Å². The predicted molar refractivity (Wildman–Crippen MR) is 95.0 cm³/mol. The number of aliphatic hydroxyl groups is 2. The lowest BCUT2D eigenvalue weighted by molar-refractivity contribution is -0.0232. The molecule has 0 saturated heterocycles. The molecule has 0 radical (unpaired) electrons. The molecule has 0 aliphatic carbocycles. The molecule has 2 N–H and O–H groups in total. The molecule has 0 aliphatic heterocycles. The van der Waals surface area contributed by atoms with E-state index in [1.165, 1.54) is 0 Å². The van der Waals surface area contributed by atoms with Gasteiger partial charge in [0, 0.05) is 7.85 Å². The van der Waals surface area contributed by atoms with Crippen LogP contribution >= 0.6 is 0 Å². The molecule has 4 heteroatoms. The van der Waals surface area contributed by atoms with Gasteiger partial charge in [0.1, 0.15) is 5.60 Å². The van der Waals surface area contributed by atoms with Crippen LogP contribution in [0.3, 0.4) is 0 Å². The highest BCUT2D eigenvalue weighted by Crippen LogP contribution is 2.25. The molecule has 2 unspecified atom stereocenters. The molecule has 0 aliphatic rings. The van der Waals surface area contributed by atoms with Crippen molar-refractivity contribution in [3.05, 3.63) is 18.3 Å². The number of rotatable bonds is 9. The molecule has 0 aromatic heterocycles. The monoisotopic (exact) mass is 326 g/mol. The van der Waals surface area contributed by atoms with Gasteiger partial charge in [-0.25, -0.2) is 0 Å². The highest BCUT2D eigenvalue weighted by Gasteiger charge is 2.29. The van der Waals surface area contributed by atoms with Crippen molar-refractivity contribution in [3.8, 4) is 11.8 Å². The maximum absolute atomic E-state index is 9.61. The summed E-state index contributed by atoms with van der Waals surface area (Å²) in [5, 5.41) is 18.6. The van der Waals surface area contributed by atoms with Gasteiger partial charge in [-0.1, -0.05) is 39.5 Å². The molecule has 2 atom stereocenters. The molecule has 0 bridgehead atoms. The van der Waals surface area contributed by atoms with Gasteiger partial charge in [0.15, 0.2) is 5.60 Å². The fourth-order valence-corrected chi connectivity index (χ4v) is 2.61. The van der Waals surface area contributed by atoms with Crippen LogP contribution in [-0.2, 0) is 9.47 Å². The molecule has 0 rings (SSSR count). The van der Waals surface area contributed by atoms with Crippen molar-refractivity contribution < 1.29 is 21.1 Å². The number of hydrogen-bond acceptors (Lipinski definition) is 4. The van der Waals surface area contributed by atoms with Crippen LogP contribution in [0, 0.1) is 23.7 Å². The lowest BCUT2D eigenvalue weighted by atomic mass is 9.90. The second-order valence-electron chi connectivity index (χ2n) is 7.06. The third kappa shape index (κ3) is 9.36. The minimum absolute atomic E-state index is 0. The summed E-state index contributed by atoms with van der Waals surface area (Å²) in [4.78, 5) is 0. The molecule has 0 heterocycles. The first-order chi connectivity index (χ1) is 10.6. The summed E-state index contributed by atoms with van der Waals surface area (Å²) < 4.78 is 11.3. The summed E-state index contributed by atoms with van der Waals surface area (Å²) in [5.74, 6) is 6.65. The number of hydrogen-bond donors (Lipinski definition) is 2. The van der Waals surface area contributed by atoms with E-state index in [-0.39, 0.29) is 20.6 Å². The van der Waals surface area contributed by atoms with Crippen LogP contribution < -0.4 is 0 Å². The van der Waals surface area contributed by atoms with E-state index in [4.69, 9.17) is 14.6 Å². The Kier molecular flexibility index (Phi) is 9.09. The zero-order valence-electron chi connectivity index (χ0n) is 15.4. The maximum atomic E-state index is 9.61. The summed E-state index contributed by atoms with van der Waals surface area (Å²) in [7, 11) is 0. The highest BCUT2D eigenvalue weighted by atomic mass is 16.6. The van der Waals surface area contributed by atoms with Crippen molar-refractivity contribution >= 4 is 0 Å². The molecule has 4 nitrogen and oxygen atoms in total. The van der Waals surface area contributed by atoms with Crippen LogP contribution in [0.4, 0.5) is 0 Å². The summed E-state index contributed by atoms with van der Waals surface area (Å²) in [5.41, 5.74) is 0.793. The molecular formula is C19H34O4. The largest absolute Gasteiger partial charge is 0.475 e. The summed E-state index contributed by atoms with van der Waals surface area (Å²) in [6.07, 6.45) is 1.38. The lowest BCUT2D eigenvalue weighted by Gasteiger charge is -2.29. The van der Waals surface area contributed by atoms with Gasteiger partial charge in [-0.15, -0.1) is 0 Å². The topological polar surface area (TPSA) is 58.9 Å². The molecule has 23 heavy (non-hydrogen) atoms. The minimum atomic E-state index is -0.857. The molecule has 0 spiro atoms. The van der Waals surface area contributed by atoms with Gasteiger partial charge in [-0.05, 0) is 44.4 Å². The van der Waals surface area contributed by atoms with E-state index in [9.17, 15) is 5.11 Å². The van der Waals surface area contributed by atoms with Crippen LogP contribution in [-0.4, -0.2) is 34.6 Å². The van der Waals surface area contributed by atoms with Crippen LogP contribution in [0.1, 0.15) is 55.8 Å². The molecule has 0 amide bonds. The zero-order chi connectivity index (χ0) is 18.1. The van der Waals surface area contributed by atoms with Gasteiger partial charge in [0.25, 0.3) is 0 Å². The SMILES string of the molecule is C=C=C(O)OC(C)(C#CC(C)(CC(C)C)OCCO)CC(C)C.[HH]. The Morgan fingerprint density at radius 1 is 1.09 bits per heavy atom. The third-order valence-corrected chi connectivity index (χ3v) is 3.17. The average Bonchev–Trinajstić information content (AvgIpc) is 2.41. The van der Waals surface area contributed by atoms with Crippen LogP contribution in [0.2, 0.25) is 0 Å². The fraction of sp³-hybridized carbons (Fsp3) is 0.737. The first-order valence-corrected chi connectivity index (χ1v) is 8.13. The quantitative estimate of drug-likeness (QED) is 0.381. The Labute approximate surface area is 142 Å². The first kappa shape index (κ1) is 21.6. The molecule has 0 aromatic carbocycles. The van der Waals surface area contributed by atoms with Crippen molar-refractivity contribution in [2.45, 2.75) is 65.6 Å². The number of ether oxygens (including phenoxy) is 2. The third-order valence-electron chi connectivity index (χ3n) is 3.17. The average molecular weight is 326 g/mol. The second-order valence-corrected chi connectivity index (χ2v) is 7.06. The smallest absolute Gasteiger partial charge is 0.326 e. The Balaban J connectivity index is 0. The van der Waals surface area contributed by atoms with E-state index >= 15 is 0 Å². The molecule has 134 valence electrons. The zero-order valence-corrected chi connectivity index (χ0v) is 15.4. The van der Waals surface area contributed by atoms with Gasteiger partial charge in [0.05, 0.1) is 13.2 Å².